The number of nitrogens with one attached hydrogen (secondary N) is 2. The summed E-state index contributed by atoms with van der Waals surface area (Å²) in [6.07, 6.45) is 5.23. The van der Waals surface area contributed by atoms with Crippen LogP contribution < -0.4 is 10.6 Å². The third-order valence-corrected chi connectivity index (χ3v) is 4.90. The lowest BCUT2D eigenvalue weighted by atomic mass is 9.95. The Morgan fingerprint density at radius 2 is 2.23 bits per heavy atom. The summed E-state index contributed by atoms with van der Waals surface area (Å²) in [6, 6.07) is 10.9. The van der Waals surface area contributed by atoms with E-state index >= 15 is 0 Å². The number of hydrogen-bond acceptors (Lipinski definition) is 3. The molecule has 5 heteroatoms. The molecule has 4 heterocycles. The zero-order valence-corrected chi connectivity index (χ0v) is 12.6. The summed E-state index contributed by atoms with van der Waals surface area (Å²) >= 11 is 0. The number of rotatable bonds is 3. The minimum absolute atomic E-state index is 0.00373. The largest absolute Gasteiger partial charge is 0.346 e. The van der Waals surface area contributed by atoms with Gasteiger partial charge in [-0.1, -0.05) is 6.07 Å². The van der Waals surface area contributed by atoms with Crippen molar-refractivity contribution in [3.8, 4) is 11.4 Å². The number of carbonyl (C=O) groups excluding carboxylic acids is 1. The molecule has 4 rings (SSSR count). The highest BCUT2D eigenvalue weighted by atomic mass is 16.2. The molecule has 2 aliphatic rings. The Morgan fingerprint density at radius 3 is 2.91 bits per heavy atom. The maximum atomic E-state index is 12.6. The summed E-state index contributed by atoms with van der Waals surface area (Å²) in [5.41, 5.74) is 2.52. The number of nitrogens with zero attached hydrogens (tertiary/aromatic N) is 2. The molecule has 0 aliphatic carbocycles. The highest BCUT2D eigenvalue weighted by molar-refractivity contribution is 5.94. The molecule has 0 aromatic carbocycles. The second kappa shape index (κ2) is 5.25. The first kappa shape index (κ1) is 13.5. The summed E-state index contributed by atoms with van der Waals surface area (Å²) in [5.74, 6) is 0.00373. The van der Waals surface area contributed by atoms with Crippen molar-refractivity contribution >= 4 is 5.91 Å². The highest BCUT2D eigenvalue weighted by Gasteiger charge is 2.39. The van der Waals surface area contributed by atoms with Crippen LogP contribution in [0.2, 0.25) is 0 Å². The summed E-state index contributed by atoms with van der Waals surface area (Å²) in [4.78, 5) is 16.9. The van der Waals surface area contributed by atoms with Crippen LogP contribution in [0.1, 0.15) is 29.8 Å². The normalized spacial score (nSPS) is 26.3. The number of pyridine rings is 1. The zero-order chi connectivity index (χ0) is 15.1. The highest BCUT2D eigenvalue weighted by Crippen LogP contribution is 2.28. The Balaban J connectivity index is 1.53. The minimum Gasteiger partial charge on any atom is -0.346 e. The summed E-state index contributed by atoms with van der Waals surface area (Å²) in [6.45, 7) is 0. The van der Waals surface area contributed by atoms with E-state index in [1.165, 1.54) is 12.8 Å². The molecule has 2 aromatic rings. The Labute approximate surface area is 129 Å². The number of fused-ring (bicyclic) bond motifs is 2. The van der Waals surface area contributed by atoms with Gasteiger partial charge in [0.25, 0.3) is 5.91 Å². The van der Waals surface area contributed by atoms with Crippen LogP contribution in [0.25, 0.3) is 11.4 Å². The van der Waals surface area contributed by atoms with Crippen molar-refractivity contribution in [2.75, 3.05) is 0 Å². The molecule has 2 bridgehead atoms. The first-order valence-corrected chi connectivity index (χ1v) is 7.86. The van der Waals surface area contributed by atoms with Gasteiger partial charge in [0.05, 0.1) is 11.4 Å². The SMILES string of the molecule is Cn1c(C(=O)N[C@@H]2C[C@H]3CC[C@@H]2N3)ccc1-c1ccccn1. The van der Waals surface area contributed by atoms with Crippen molar-refractivity contribution < 1.29 is 4.79 Å². The van der Waals surface area contributed by atoms with Crippen LogP contribution >= 0.6 is 0 Å². The molecule has 22 heavy (non-hydrogen) atoms. The number of hydrogen-bond donors (Lipinski definition) is 2. The quantitative estimate of drug-likeness (QED) is 0.906. The zero-order valence-electron chi connectivity index (χ0n) is 12.6. The number of carbonyl (C=O) groups is 1. The first-order chi connectivity index (χ1) is 10.7. The van der Waals surface area contributed by atoms with Crippen LogP contribution in [0.4, 0.5) is 0 Å². The lowest BCUT2D eigenvalue weighted by molar-refractivity contribution is 0.0923. The second-order valence-electron chi connectivity index (χ2n) is 6.24. The van der Waals surface area contributed by atoms with E-state index in [2.05, 4.69) is 15.6 Å². The van der Waals surface area contributed by atoms with E-state index in [-0.39, 0.29) is 11.9 Å². The molecule has 0 radical (unpaired) electrons. The van der Waals surface area contributed by atoms with Crippen LogP contribution in [0.3, 0.4) is 0 Å². The maximum absolute atomic E-state index is 12.6. The van der Waals surface area contributed by atoms with Gasteiger partial charge in [0.15, 0.2) is 0 Å². The van der Waals surface area contributed by atoms with Crippen molar-refractivity contribution in [2.24, 2.45) is 7.05 Å². The van der Waals surface area contributed by atoms with Crippen molar-refractivity contribution in [3.63, 3.8) is 0 Å². The van der Waals surface area contributed by atoms with Crippen molar-refractivity contribution in [1.82, 2.24) is 20.2 Å². The third kappa shape index (κ3) is 2.22. The predicted octanol–water partition coefficient (Wildman–Crippen LogP) is 1.71. The predicted molar refractivity (Wildman–Crippen MR) is 84.5 cm³/mol. The van der Waals surface area contributed by atoms with Crippen LogP contribution in [0.15, 0.2) is 36.5 Å². The number of amides is 1. The van der Waals surface area contributed by atoms with Gasteiger partial charge in [0, 0.05) is 31.4 Å². The van der Waals surface area contributed by atoms with Crippen LogP contribution in [0.5, 0.6) is 0 Å². The van der Waals surface area contributed by atoms with Crippen molar-refractivity contribution in [2.45, 2.75) is 37.4 Å². The maximum Gasteiger partial charge on any atom is 0.268 e. The monoisotopic (exact) mass is 296 g/mol. The molecule has 1 amide bonds. The fourth-order valence-corrected chi connectivity index (χ4v) is 3.74. The molecule has 2 aromatic heterocycles. The first-order valence-electron chi connectivity index (χ1n) is 7.86. The number of aromatic nitrogens is 2. The minimum atomic E-state index is 0.00373. The molecular formula is C17H20N4O. The molecule has 2 saturated heterocycles. The lowest BCUT2D eigenvalue weighted by Gasteiger charge is -2.21. The van der Waals surface area contributed by atoms with Gasteiger partial charge in [-0.25, -0.2) is 0 Å². The molecule has 114 valence electrons. The van der Waals surface area contributed by atoms with E-state index in [4.69, 9.17) is 0 Å². The average molecular weight is 296 g/mol. The van der Waals surface area contributed by atoms with E-state index in [1.54, 1.807) is 6.20 Å². The Hall–Kier alpha value is -2.14. The van der Waals surface area contributed by atoms with Crippen LogP contribution in [0, 0.1) is 0 Å². The standard InChI is InChI=1S/C17H20N4O/c1-21-15(13-4-2-3-9-18-13)7-8-16(21)17(22)20-14-10-11-5-6-12(14)19-11/h2-4,7-9,11-12,14,19H,5-6,10H2,1H3,(H,20,22)/t11-,12+,14-/m1/s1. The fraction of sp³-hybridized carbons (Fsp3) is 0.412. The van der Waals surface area contributed by atoms with Gasteiger partial charge < -0.3 is 15.2 Å². The van der Waals surface area contributed by atoms with Crippen molar-refractivity contribution in [1.29, 1.82) is 0 Å². The molecule has 2 aliphatic heterocycles. The lowest BCUT2D eigenvalue weighted by Crippen LogP contribution is -2.43. The fourth-order valence-electron chi connectivity index (χ4n) is 3.74. The van der Waals surface area contributed by atoms with E-state index in [0.717, 1.165) is 17.8 Å². The van der Waals surface area contributed by atoms with Gasteiger partial charge in [0.2, 0.25) is 0 Å². The summed E-state index contributed by atoms with van der Waals surface area (Å²) in [7, 11) is 1.91. The molecular weight excluding hydrogens is 276 g/mol. The Bertz CT molecular complexity index is 694. The molecule has 5 nitrogen and oxygen atoms in total. The van der Waals surface area contributed by atoms with Crippen LogP contribution in [-0.2, 0) is 7.05 Å². The molecule has 0 unspecified atom stereocenters. The van der Waals surface area contributed by atoms with E-state index in [0.29, 0.717) is 17.8 Å². The van der Waals surface area contributed by atoms with Gasteiger partial charge in [-0.05, 0) is 43.5 Å². The molecule has 0 spiro atoms. The van der Waals surface area contributed by atoms with E-state index in [9.17, 15) is 4.79 Å². The van der Waals surface area contributed by atoms with Crippen LogP contribution in [-0.4, -0.2) is 33.6 Å². The topological polar surface area (TPSA) is 59.0 Å². The Morgan fingerprint density at radius 1 is 1.32 bits per heavy atom. The van der Waals surface area contributed by atoms with Gasteiger partial charge in [-0.2, -0.15) is 0 Å². The van der Waals surface area contributed by atoms with E-state index in [1.807, 2.05) is 41.9 Å². The summed E-state index contributed by atoms with van der Waals surface area (Å²) in [5, 5.41) is 6.74. The third-order valence-electron chi connectivity index (χ3n) is 4.90. The Kier molecular flexibility index (Phi) is 3.22. The molecule has 0 saturated carbocycles. The second-order valence-corrected chi connectivity index (χ2v) is 6.24. The average Bonchev–Trinajstić information content (AvgIpc) is 3.23. The van der Waals surface area contributed by atoms with Gasteiger partial charge >= 0.3 is 0 Å². The smallest absolute Gasteiger partial charge is 0.268 e. The molecule has 2 N–H and O–H groups in total. The molecule has 2 fully saturated rings. The summed E-state index contributed by atoms with van der Waals surface area (Å²) < 4.78 is 1.91. The van der Waals surface area contributed by atoms with Gasteiger partial charge in [-0.15, -0.1) is 0 Å². The van der Waals surface area contributed by atoms with Gasteiger partial charge in [0.1, 0.15) is 5.69 Å². The molecule has 3 atom stereocenters. The van der Waals surface area contributed by atoms with E-state index < -0.39 is 0 Å². The van der Waals surface area contributed by atoms with Gasteiger partial charge in [-0.3, -0.25) is 9.78 Å². The van der Waals surface area contributed by atoms with Crippen molar-refractivity contribution in [3.05, 3.63) is 42.2 Å².